The molecule has 0 bridgehead atoms. The molecule has 1 heterocycles. The lowest BCUT2D eigenvalue weighted by Crippen LogP contribution is -2.04. The predicted molar refractivity (Wildman–Crippen MR) is 78.2 cm³/mol. The first kappa shape index (κ1) is 13.4. The molecule has 0 fully saturated rings. The minimum atomic E-state index is 0.432. The molecule has 1 aromatic heterocycles. The Morgan fingerprint density at radius 2 is 2.05 bits per heavy atom. The van der Waals surface area contributed by atoms with Gasteiger partial charge in [0.25, 0.3) is 0 Å². The molecular formula is C16H20N2O. The van der Waals surface area contributed by atoms with Gasteiger partial charge in [-0.05, 0) is 36.1 Å². The summed E-state index contributed by atoms with van der Waals surface area (Å²) in [5.41, 5.74) is 9.15. The Labute approximate surface area is 114 Å². The van der Waals surface area contributed by atoms with Crippen molar-refractivity contribution in [1.29, 1.82) is 0 Å². The quantitative estimate of drug-likeness (QED) is 0.907. The molecule has 2 N–H and O–H groups in total. The van der Waals surface area contributed by atoms with Crippen LogP contribution in [0, 0.1) is 6.92 Å². The van der Waals surface area contributed by atoms with Gasteiger partial charge in [0, 0.05) is 11.8 Å². The normalized spacial score (nSPS) is 10.7. The zero-order chi connectivity index (χ0) is 13.8. The molecule has 2 aromatic rings. The fourth-order valence-corrected chi connectivity index (χ4v) is 1.97. The maximum Gasteiger partial charge on any atom is 0.129 e. The van der Waals surface area contributed by atoms with Gasteiger partial charge in [0.15, 0.2) is 0 Å². The van der Waals surface area contributed by atoms with Gasteiger partial charge < -0.3 is 10.5 Å². The van der Waals surface area contributed by atoms with E-state index in [1.807, 2.05) is 12.1 Å². The van der Waals surface area contributed by atoms with Crippen molar-refractivity contribution in [1.82, 2.24) is 4.98 Å². The molecule has 100 valence electrons. The fourth-order valence-electron chi connectivity index (χ4n) is 1.97. The summed E-state index contributed by atoms with van der Waals surface area (Å²) < 4.78 is 5.93. The van der Waals surface area contributed by atoms with Crippen molar-refractivity contribution in [2.24, 2.45) is 0 Å². The van der Waals surface area contributed by atoms with Crippen LogP contribution < -0.4 is 10.5 Å². The van der Waals surface area contributed by atoms with E-state index in [0.29, 0.717) is 18.3 Å². The molecule has 0 saturated heterocycles. The lowest BCUT2D eigenvalue weighted by Gasteiger charge is -2.15. The third-order valence-corrected chi connectivity index (χ3v) is 3.10. The molecule has 0 aliphatic carbocycles. The summed E-state index contributed by atoms with van der Waals surface area (Å²) in [5.74, 6) is 1.89. The third-order valence-electron chi connectivity index (χ3n) is 3.10. The van der Waals surface area contributed by atoms with Gasteiger partial charge in [-0.3, -0.25) is 0 Å². The Hall–Kier alpha value is -2.03. The van der Waals surface area contributed by atoms with E-state index in [9.17, 15) is 0 Å². The van der Waals surface area contributed by atoms with E-state index in [1.165, 1.54) is 11.1 Å². The van der Waals surface area contributed by atoms with Crippen molar-refractivity contribution in [2.75, 3.05) is 5.73 Å². The van der Waals surface area contributed by atoms with Crippen LogP contribution >= 0.6 is 0 Å². The second-order valence-corrected chi connectivity index (χ2v) is 5.03. The molecule has 3 heteroatoms. The lowest BCUT2D eigenvalue weighted by molar-refractivity contribution is 0.302. The Kier molecular flexibility index (Phi) is 4.05. The largest absolute Gasteiger partial charge is 0.488 e. The molecule has 0 saturated carbocycles. The van der Waals surface area contributed by atoms with E-state index < -0.39 is 0 Å². The topological polar surface area (TPSA) is 48.1 Å². The second-order valence-electron chi connectivity index (χ2n) is 5.03. The number of nitrogens with zero attached hydrogens (tertiary/aromatic N) is 1. The van der Waals surface area contributed by atoms with Crippen LogP contribution in [0.5, 0.6) is 5.75 Å². The van der Waals surface area contributed by atoms with Crippen LogP contribution in [0.15, 0.2) is 36.5 Å². The molecule has 1 aromatic carbocycles. The number of rotatable bonds is 4. The van der Waals surface area contributed by atoms with E-state index in [-0.39, 0.29) is 0 Å². The summed E-state index contributed by atoms with van der Waals surface area (Å²) in [7, 11) is 0. The zero-order valence-corrected chi connectivity index (χ0v) is 11.7. The molecule has 0 amide bonds. The lowest BCUT2D eigenvalue weighted by atomic mass is 10.0. The molecule has 0 aliphatic heterocycles. The van der Waals surface area contributed by atoms with Gasteiger partial charge in [-0.1, -0.05) is 32.0 Å². The molecule has 0 radical (unpaired) electrons. The number of aromatic nitrogens is 1. The smallest absolute Gasteiger partial charge is 0.129 e. The Morgan fingerprint density at radius 3 is 2.74 bits per heavy atom. The number of hydrogen-bond acceptors (Lipinski definition) is 3. The van der Waals surface area contributed by atoms with Crippen molar-refractivity contribution in [2.45, 2.75) is 33.3 Å². The molecule has 0 aliphatic rings. The first-order chi connectivity index (χ1) is 9.08. The molecule has 0 spiro atoms. The highest BCUT2D eigenvalue weighted by molar-refractivity contribution is 5.41. The first-order valence-electron chi connectivity index (χ1n) is 6.50. The fraction of sp³-hybridized carbons (Fsp3) is 0.312. The van der Waals surface area contributed by atoms with Crippen LogP contribution in [-0.4, -0.2) is 4.98 Å². The van der Waals surface area contributed by atoms with Crippen molar-refractivity contribution in [3.63, 3.8) is 0 Å². The summed E-state index contributed by atoms with van der Waals surface area (Å²) in [5, 5.41) is 0. The van der Waals surface area contributed by atoms with Gasteiger partial charge in [0.1, 0.15) is 18.2 Å². The van der Waals surface area contributed by atoms with Crippen LogP contribution in [-0.2, 0) is 6.61 Å². The minimum absolute atomic E-state index is 0.432. The van der Waals surface area contributed by atoms with E-state index in [4.69, 9.17) is 10.5 Å². The number of hydrogen-bond donors (Lipinski definition) is 1. The van der Waals surface area contributed by atoms with Crippen molar-refractivity contribution < 1.29 is 4.74 Å². The molecule has 19 heavy (non-hydrogen) atoms. The van der Waals surface area contributed by atoms with E-state index in [2.05, 4.69) is 44.0 Å². The molecule has 0 unspecified atom stereocenters. The second kappa shape index (κ2) is 5.74. The zero-order valence-electron chi connectivity index (χ0n) is 11.7. The van der Waals surface area contributed by atoms with E-state index in [1.54, 1.807) is 6.20 Å². The van der Waals surface area contributed by atoms with Gasteiger partial charge in [-0.15, -0.1) is 0 Å². The number of benzene rings is 1. The highest BCUT2D eigenvalue weighted by Crippen LogP contribution is 2.28. The minimum Gasteiger partial charge on any atom is -0.488 e. The molecule has 0 atom stereocenters. The average Bonchev–Trinajstić information content (AvgIpc) is 2.37. The number of pyridine rings is 1. The first-order valence-corrected chi connectivity index (χ1v) is 6.50. The highest BCUT2D eigenvalue weighted by Gasteiger charge is 2.09. The molecule has 3 nitrogen and oxygen atoms in total. The van der Waals surface area contributed by atoms with Gasteiger partial charge in [-0.25, -0.2) is 4.98 Å². The Balaban J connectivity index is 2.19. The van der Waals surface area contributed by atoms with Crippen molar-refractivity contribution in [3.05, 3.63) is 53.2 Å². The molecule has 2 rings (SSSR count). The number of nitrogens with two attached hydrogens (primary N) is 1. The summed E-state index contributed by atoms with van der Waals surface area (Å²) in [4.78, 5) is 4.06. The monoisotopic (exact) mass is 256 g/mol. The third kappa shape index (κ3) is 3.25. The SMILES string of the molecule is Cc1ccc(C(C)C)c(OCc2cccnc2N)c1. The van der Waals surface area contributed by atoms with Gasteiger partial charge in [-0.2, -0.15) is 0 Å². The van der Waals surface area contributed by atoms with Gasteiger partial charge >= 0.3 is 0 Å². The van der Waals surface area contributed by atoms with Gasteiger partial charge in [0.2, 0.25) is 0 Å². The highest BCUT2D eigenvalue weighted by atomic mass is 16.5. The van der Waals surface area contributed by atoms with E-state index >= 15 is 0 Å². The summed E-state index contributed by atoms with van der Waals surface area (Å²) in [6, 6.07) is 10.1. The van der Waals surface area contributed by atoms with Crippen molar-refractivity contribution in [3.8, 4) is 5.75 Å². The predicted octanol–water partition coefficient (Wildman–Crippen LogP) is 3.67. The number of ether oxygens (including phenoxy) is 1. The summed E-state index contributed by atoms with van der Waals surface area (Å²) >= 11 is 0. The Bertz CT molecular complexity index is 564. The maximum absolute atomic E-state index is 5.93. The summed E-state index contributed by atoms with van der Waals surface area (Å²) in [6.07, 6.45) is 1.69. The van der Waals surface area contributed by atoms with E-state index in [0.717, 1.165) is 11.3 Å². The van der Waals surface area contributed by atoms with Crippen LogP contribution in [0.4, 0.5) is 5.82 Å². The molecular weight excluding hydrogens is 236 g/mol. The standard InChI is InChI=1S/C16H20N2O/c1-11(2)14-7-6-12(3)9-15(14)19-10-13-5-4-8-18-16(13)17/h4-9,11H,10H2,1-3H3,(H2,17,18). The van der Waals surface area contributed by atoms with Crippen LogP contribution in [0.2, 0.25) is 0 Å². The number of aryl methyl sites for hydroxylation is 1. The number of nitrogen functional groups attached to an aromatic ring is 1. The summed E-state index contributed by atoms with van der Waals surface area (Å²) in [6.45, 7) is 6.84. The number of anilines is 1. The van der Waals surface area contributed by atoms with Crippen LogP contribution in [0.25, 0.3) is 0 Å². The average molecular weight is 256 g/mol. The van der Waals surface area contributed by atoms with Crippen LogP contribution in [0.1, 0.15) is 36.5 Å². The van der Waals surface area contributed by atoms with Gasteiger partial charge in [0.05, 0.1) is 0 Å². The maximum atomic E-state index is 5.93. The van der Waals surface area contributed by atoms with Crippen LogP contribution in [0.3, 0.4) is 0 Å². The Morgan fingerprint density at radius 1 is 1.26 bits per heavy atom. The van der Waals surface area contributed by atoms with Crippen molar-refractivity contribution >= 4 is 5.82 Å².